The van der Waals surface area contributed by atoms with E-state index in [4.69, 9.17) is 10.5 Å². The fourth-order valence-corrected chi connectivity index (χ4v) is 3.13. The molecule has 1 rings (SSSR count). The number of nitrogens with zero attached hydrogens (tertiary/aromatic N) is 1. The largest absolute Gasteiger partial charge is 0.492 e. The summed E-state index contributed by atoms with van der Waals surface area (Å²) < 4.78 is 45.4. The van der Waals surface area contributed by atoms with Gasteiger partial charge >= 0.3 is 0 Å². The van der Waals surface area contributed by atoms with Crippen LogP contribution in [0.3, 0.4) is 0 Å². The molecule has 0 aliphatic rings. The summed E-state index contributed by atoms with van der Waals surface area (Å²) in [6, 6.07) is 1.81. The lowest BCUT2D eigenvalue weighted by Crippen LogP contribution is -2.34. The van der Waals surface area contributed by atoms with E-state index in [1.165, 1.54) is 13.2 Å². The summed E-state index contributed by atoms with van der Waals surface area (Å²) >= 11 is 0. The molecule has 0 radical (unpaired) electrons. The van der Waals surface area contributed by atoms with Crippen LogP contribution in [0, 0.1) is 5.82 Å². The van der Waals surface area contributed by atoms with Crippen LogP contribution in [0.5, 0.6) is 5.75 Å². The molecule has 21 heavy (non-hydrogen) atoms. The Morgan fingerprint density at radius 1 is 1.43 bits per heavy atom. The predicted molar refractivity (Wildman–Crippen MR) is 80.3 cm³/mol. The van der Waals surface area contributed by atoms with Crippen LogP contribution in [0.4, 0.5) is 10.1 Å². The molecule has 6 nitrogen and oxygen atoms in total. The molecule has 0 heterocycles. The van der Waals surface area contributed by atoms with Crippen LogP contribution in [0.25, 0.3) is 0 Å². The Bertz CT molecular complexity index is 567. The Kier molecular flexibility index (Phi) is 5.94. The molecule has 0 saturated heterocycles. The minimum atomic E-state index is -3.82. The van der Waals surface area contributed by atoms with E-state index in [1.807, 2.05) is 19.0 Å². The molecule has 8 heteroatoms. The number of nitrogens with one attached hydrogen (secondary N) is 1. The van der Waals surface area contributed by atoms with E-state index in [1.54, 1.807) is 6.92 Å². The first-order valence-electron chi connectivity index (χ1n) is 6.47. The first-order chi connectivity index (χ1) is 9.67. The van der Waals surface area contributed by atoms with Crippen LogP contribution in [0.15, 0.2) is 17.0 Å². The van der Waals surface area contributed by atoms with E-state index in [0.717, 1.165) is 12.6 Å². The summed E-state index contributed by atoms with van der Waals surface area (Å²) in [7, 11) is 1.25. The molecule has 1 aromatic rings. The number of methoxy groups -OCH3 is 1. The Labute approximate surface area is 125 Å². The molecule has 0 aromatic heterocycles. The molecule has 3 N–H and O–H groups in total. The van der Waals surface area contributed by atoms with Gasteiger partial charge in [0.2, 0.25) is 10.0 Å². The van der Waals surface area contributed by atoms with Crippen molar-refractivity contribution in [3.05, 3.63) is 17.9 Å². The van der Waals surface area contributed by atoms with Gasteiger partial charge in [-0.3, -0.25) is 0 Å². The molecule has 0 amide bonds. The van der Waals surface area contributed by atoms with Gasteiger partial charge in [0, 0.05) is 6.04 Å². The van der Waals surface area contributed by atoms with Gasteiger partial charge in [-0.25, -0.2) is 17.5 Å². The number of sulfonamides is 1. The van der Waals surface area contributed by atoms with E-state index in [-0.39, 0.29) is 22.4 Å². The van der Waals surface area contributed by atoms with Gasteiger partial charge in [-0.2, -0.15) is 0 Å². The molecule has 0 aliphatic carbocycles. The van der Waals surface area contributed by atoms with Gasteiger partial charge in [0.05, 0.1) is 17.7 Å². The van der Waals surface area contributed by atoms with Crippen LogP contribution in [-0.4, -0.2) is 47.1 Å². The van der Waals surface area contributed by atoms with Crippen molar-refractivity contribution in [1.29, 1.82) is 0 Å². The first kappa shape index (κ1) is 17.7. The Morgan fingerprint density at radius 3 is 2.52 bits per heavy atom. The summed E-state index contributed by atoms with van der Waals surface area (Å²) in [5.41, 5.74) is 5.54. The molecular formula is C13H22FN3O3S. The molecule has 1 unspecified atom stereocenters. The Balaban J connectivity index is 2.93. The predicted octanol–water partition coefficient (Wildman–Crippen LogP) is 1.03. The van der Waals surface area contributed by atoms with Crippen molar-refractivity contribution in [2.75, 3.05) is 33.5 Å². The zero-order valence-electron chi connectivity index (χ0n) is 12.7. The highest BCUT2D eigenvalue weighted by Gasteiger charge is 2.21. The molecule has 0 saturated carbocycles. The Morgan fingerprint density at radius 2 is 2.05 bits per heavy atom. The minimum absolute atomic E-state index is 0.0566. The molecule has 0 aliphatic heterocycles. The topological polar surface area (TPSA) is 84.7 Å². The van der Waals surface area contributed by atoms with E-state index in [0.29, 0.717) is 6.42 Å². The SMILES string of the molecule is COc1c(N)cc(S(=O)(=O)NC(C)CCN(C)C)cc1F. The van der Waals surface area contributed by atoms with Crippen LogP contribution in [0.2, 0.25) is 0 Å². The lowest BCUT2D eigenvalue weighted by atomic mass is 10.2. The molecule has 1 atom stereocenters. The van der Waals surface area contributed by atoms with Crippen molar-refractivity contribution in [1.82, 2.24) is 9.62 Å². The number of hydrogen-bond donors (Lipinski definition) is 2. The number of ether oxygens (including phenoxy) is 1. The zero-order valence-corrected chi connectivity index (χ0v) is 13.5. The van der Waals surface area contributed by atoms with Gasteiger partial charge < -0.3 is 15.4 Å². The molecule has 1 aromatic carbocycles. The summed E-state index contributed by atoms with van der Waals surface area (Å²) in [5.74, 6) is -0.964. The second-order valence-electron chi connectivity index (χ2n) is 5.14. The number of nitrogens with two attached hydrogens (primary N) is 1. The monoisotopic (exact) mass is 319 g/mol. The van der Waals surface area contributed by atoms with Crippen LogP contribution in [0.1, 0.15) is 13.3 Å². The third kappa shape index (κ3) is 4.83. The Hall–Kier alpha value is -1.38. The maximum absolute atomic E-state index is 13.7. The third-order valence-corrected chi connectivity index (χ3v) is 4.49. The fourth-order valence-electron chi connectivity index (χ4n) is 1.80. The van der Waals surface area contributed by atoms with Gasteiger partial charge in [0.15, 0.2) is 11.6 Å². The van der Waals surface area contributed by atoms with Gasteiger partial charge in [0.25, 0.3) is 0 Å². The van der Waals surface area contributed by atoms with Crippen LogP contribution >= 0.6 is 0 Å². The number of rotatable bonds is 7. The van der Waals surface area contributed by atoms with Crippen LogP contribution < -0.4 is 15.2 Å². The zero-order chi connectivity index (χ0) is 16.2. The average molecular weight is 319 g/mol. The molecule has 0 fully saturated rings. The second kappa shape index (κ2) is 7.06. The van der Waals surface area contributed by atoms with Crippen molar-refractivity contribution < 1.29 is 17.5 Å². The van der Waals surface area contributed by atoms with Crippen molar-refractivity contribution >= 4 is 15.7 Å². The highest BCUT2D eigenvalue weighted by atomic mass is 32.2. The number of benzene rings is 1. The van der Waals surface area contributed by atoms with E-state index < -0.39 is 15.8 Å². The van der Waals surface area contributed by atoms with Crippen molar-refractivity contribution in [3.8, 4) is 5.75 Å². The lowest BCUT2D eigenvalue weighted by Gasteiger charge is -2.17. The van der Waals surface area contributed by atoms with Gasteiger partial charge in [-0.15, -0.1) is 0 Å². The molecular weight excluding hydrogens is 297 g/mol. The van der Waals surface area contributed by atoms with E-state index in [9.17, 15) is 12.8 Å². The summed E-state index contributed by atoms with van der Waals surface area (Å²) in [6.45, 7) is 2.49. The highest BCUT2D eigenvalue weighted by Crippen LogP contribution is 2.28. The maximum atomic E-state index is 13.7. The first-order valence-corrected chi connectivity index (χ1v) is 7.95. The highest BCUT2D eigenvalue weighted by molar-refractivity contribution is 7.89. The van der Waals surface area contributed by atoms with Crippen molar-refractivity contribution in [2.45, 2.75) is 24.3 Å². The van der Waals surface area contributed by atoms with E-state index in [2.05, 4.69) is 4.72 Å². The van der Waals surface area contributed by atoms with Gasteiger partial charge in [0.1, 0.15) is 0 Å². The molecule has 0 bridgehead atoms. The maximum Gasteiger partial charge on any atom is 0.240 e. The smallest absolute Gasteiger partial charge is 0.240 e. The number of anilines is 1. The lowest BCUT2D eigenvalue weighted by molar-refractivity contribution is 0.378. The van der Waals surface area contributed by atoms with Gasteiger partial charge in [-0.05, 0) is 46.1 Å². The van der Waals surface area contributed by atoms with Gasteiger partial charge in [-0.1, -0.05) is 0 Å². The van der Waals surface area contributed by atoms with Crippen molar-refractivity contribution in [2.24, 2.45) is 0 Å². The summed E-state index contributed by atoms with van der Waals surface area (Å²) in [5, 5.41) is 0. The average Bonchev–Trinajstić information content (AvgIpc) is 2.35. The number of hydrogen-bond acceptors (Lipinski definition) is 5. The third-order valence-electron chi connectivity index (χ3n) is 2.93. The minimum Gasteiger partial charge on any atom is -0.492 e. The number of nitrogen functional groups attached to an aromatic ring is 1. The summed E-state index contributed by atoms with van der Waals surface area (Å²) in [6.07, 6.45) is 0.639. The second-order valence-corrected chi connectivity index (χ2v) is 6.86. The van der Waals surface area contributed by atoms with E-state index >= 15 is 0 Å². The quantitative estimate of drug-likeness (QED) is 0.734. The summed E-state index contributed by atoms with van der Waals surface area (Å²) in [4.78, 5) is 1.74. The number of halogens is 1. The van der Waals surface area contributed by atoms with Crippen LogP contribution in [-0.2, 0) is 10.0 Å². The normalized spacial score (nSPS) is 13.4. The molecule has 0 spiro atoms. The fraction of sp³-hybridized carbons (Fsp3) is 0.538. The van der Waals surface area contributed by atoms with Crippen molar-refractivity contribution in [3.63, 3.8) is 0 Å². The standard InChI is InChI=1S/C13H22FN3O3S/c1-9(5-6-17(2)3)16-21(18,19)10-7-11(14)13(20-4)12(15)8-10/h7-9,16H,5-6,15H2,1-4H3. The molecule has 120 valence electrons.